The quantitative estimate of drug-likeness (QED) is 0.674. The van der Waals surface area contributed by atoms with Crippen molar-refractivity contribution in [1.82, 2.24) is 5.32 Å². The Morgan fingerprint density at radius 2 is 2.08 bits per heavy atom. The van der Waals surface area contributed by atoms with Crippen LogP contribution in [0.3, 0.4) is 0 Å². The van der Waals surface area contributed by atoms with Gasteiger partial charge in [-0.25, -0.2) is 0 Å². The zero-order chi connectivity index (χ0) is 9.47. The fourth-order valence-electron chi connectivity index (χ4n) is 2.15. The molecule has 0 heterocycles. The average molecular weight is 182 g/mol. The molecule has 13 heavy (non-hydrogen) atoms. The monoisotopic (exact) mass is 182 g/mol. The first-order chi connectivity index (χ1) is 6.15. The molecule has 3 atom stereocenters. The first kappa shape index (κ1) is 9.47. The topological polar surface area (TPSA) is 38.0 Å². The van der Waals surface area contributed by atoms with Crippen LogP contribution in [-0.2, 0) is 0 Å². The molecule has 2 aliphatic rings. The molecule has 0 saturated heterocycles. The maximum absolute atomic E-state index is 5.83. The Kier molecular flexibility index (Phi) is 2.37. The lowest BCUT2D eigenvalue weighted by molar-refractivity contribution is 0.312. The summed E-state index contributed by atoms with van der Waals surface area (Å²) in [6.07, 6.45) is 4.17. The van der Waals surface area contributed by atoms with Gasteiger partial charge in [-0.1, -0.05) is 6.92 Å². The van der Waals surface area contributed by atoms with Crippen molar-refractivity contribution in [2.75, 3.05) is 13.1 Å². The molecule has 76 valence electrons. The molecular weight excluding hydrogens is 160 g/mol. The zero-order valence-electron chi connectivity index (χ0n) is 8.84. The maximum Gasteiger partial charge on any atom is 0.0304 e. The summed E-state index contributed by atoms with van der Waals surface area (Å²) in [6, 6.07) is 0. The number of hydrogen-bond donors (Lipinski definition) is 2. The molecule has 3 unspecified atom stereocenters. The summed E-state index contributed by atoms with van der Waals surface area (Å²) in [5, 5.41) is 3.68. The molecule has 0 radical (unpaired) electrons. The Labute approximate surface area is 81.3 Å². The molecule has 2 aliphatic carbocycles. The van der Waals surface area contributed by atoms with Gasteiger partial charge < -0.3 is 11.1 Å². The fourth-order valence-corrected chi connectivity index (χ4v) is 2.15. The van der Waals surface area contributed by atoms with E-state index in [2.05, 4.69) is 19.2 Å². The van der Waals surface area contributed by atoms with Crippen molar-refractivity contribution in [1.29, 1.82) is 0 Å². The van der Waals surface area contributed by atoms with E-state index in [0.717, 1.165) is 24.3 Å². The molecule has 0 aromatic heterocycles. The SMILES string of the molecule is CC1CC1CNC(C)(CN)C1CC1. The molecular formula is C11H22N2. The highest BCUT2D eigenvalue weighted by Gasteiger charge is 2.42. The molecule has 2 rings (SSSR count). The lowest BCUT2D eigenvalue weighted by Gasteiger charge is -2.29. The highest BCUT2D eigenvalue weighted by Crippen LogP contribution is 2.41. The lowest BCUT2D eigenvalue weighted by Crippen LogP contribution is -2.51. The van der Waals surface area contributed by atoms with Gasteiger partial charge in [0, 0.05) is 12.1 Å². The van der Waals surface area contributed by atoms with Crippen molar-refractivity contribution in [2.24, 2.45) is 23.5 Å². The molecule has 0 aromatic rings. The normalized spacial score (nSPS) is 37.2. The van der Waals surface area contributed by atoms with E-state index >= 15 is 0 Å². The van der Waals surface area contributed by atoms with Gasteiger partial charge in [0.05, 0.1) is 0 Å². The van der Waals surface area contributed by atoms with Gasteiger partial charge in [-0.2, -0.15) is 0 Å². The standard InChI is InChI=1S/C11H22N2/c1-8-5-9(8)6-13-11(2,7-12)10-3-4-10/h8-10,13H,3-7,12H2,1-2H3. The van der Waals surface area contributed by atoms with Gasteiger partial charge in [0.2, 0.25) is 0 Å². The summed E-state index contributed by atoms with van der Waals surface area (Å²) >= 11 is 0. The summed E-state index contributed by atoms with van der Waals surface area (Å²) in [7, 11) is 0. The number of hydrogen-bond acceptors (Lipinski definition) is 2. The summed E-state index contributed by atoms with van der Waals surface area (Å²) in [4.78, 5) is 0. The van der Waals surface area contributed by atoms with Crippen LogP contribution in [0.25, 0.3) is 0 Å². The van der Waals surface area contributed by atoms with Crippen LogP contribution in [0, 0.1) is 17.8 Å². The van der Waals surface area contributed by atoms with Crippen molar-refractivity contribution < 1.29 is 0 Å². The van der Waals surface area contributed by atoms with E-state index in [1.807, 2.05) is 0 Å². The molecule has 3 N–H and O–H groups in total. The largest absolute Gasteiger partial charge is 0.329 e. The van der Waals surface area contributed by atoms with E-state index < -0.39 is 0 Å². The second-order valence-electron chi connectivity index (χ2n) is 5.25. The van der Waals surface area contributed by atoms with Crippen LogP contribution in [0.1, 0.15) is 33.1 Å². The molecule has 0 amide bonds. The highest BCUT2D eigenvalue weighted by molar-refractivity contribution is 5.00. The van der Waals surface area contributed by atoms with Crippen LogP contribution >= 0.6 is 0 Å². The van der Waals surface area contributed by atoms with Gasteiger partial charge in [0.15, 0.2) is 0 Å². The summed E-state index contributed by atoms with van der Waals surface area (Å²) in [6.45, 7) is 6.60. The first-order valence-electron chi connectivity index (χ1n) is 5.61. The van der Waals surface area contributed by atoms with E-state index in [-0.39, 0.29) is 5.54 Å². The van der Waals surface area contributed by atoms with E-state index in [0.29, 0.717) is 0 Å². The van der Waals surface area contributed by atoms with Crippen LogP contribution in [0.2, 0.25) is 0 Å². The highest BCUT2D eigenvalue weighted by atomic mass is 15.0. The first-order valence-corrected chi connectivity index (χ1v) is 5.61. The van der Waals surface area contributed by atoms with Crippen molar-refractivity contribution in [3.05, 3.63) is 0 Å². The maximum atomic E-state index is 5.83. The van der Waals surface area contributed by atoms with Crippen LogP contribution in [-0.4, -0.2) is 18.6 Å². The Hall–Kier alpha value is -0.0800. The third-order valence-electron chi connectivity index (χ3n) is 3.95. The van der Waals surface area contributed by atoms with Crippen LogP contribution < -0.4 is 11.1 Å². The van der Waals surface area contributed by atoms with Crippen molar-refractivity contribution in [3.8, 4) is 0 Å². The van der Waals surface area contributed by atoms with E-state index in [1.54, 1.807) is 0 Å². The van der Waals surface area contributed by atoms with Gasteiger partial charge >= 0.3 is 0 Å². The lowest BCUT2D eigenvalue weighted by atomic mass is 9.96. The molecule has 2 saturated carbocycles. The van der Waals surface area contributed by atoms with Crippen LogP contribution in [0.15, 0.2) is 0 Å². The minimum atomic E-state index is 0.238. The van der Waals surface area contributed by atoms with Crippen molar-refractivity contribution >= 4 is 0 Å². The minimum Gasteiger partial charge on any atom is -0.329 e. The molecule has 0 bridgehead atoms. The van der Waals surface area contributed by atoms with Crippen molar-refractivity contribution in [2.45, 2.75) is 38.6 Å². The Bertz CT molecular complexity index is 189. The predicted molar refractivity (Wildman–Crippen MR) is 55.5 cm³/mol. The second-order valence-corrected chi connectivity index (χ2v) is 5.25. The van der Waals surface area contributed by atoms with Gasteiger partial charge in [-0.15, -0.1) is 0 Å². The molecule has 2 fully saturated rings. The average Bonchev–Trinajstić information content (AvgIpc) is 2.95. The number of rotatable bonds is 5. The molecule has 2 nitrogen and oxygen atoms in total. The molecule has 0 spiro atoms. The van der Waals surface area contributed by atoms with Gasteiger partial charge in [0.25, 0.3) is 0 Å². The smallest absolute Gasteiger partial charge is 0.0304 e. The van der Waals surface area contributed by atoms with E-state index in [4.69, 9.17) is 5.73 Å². The summed E-state index contributed by atoms with van der Waals surface area (Å²) in [5.41, 5.74) is 6.07. The summed E-state index contributed by atoms with van der Waals surface area (Å²) < 4.78 is 0. The Morgan fingerprint density at radius 1 is 1.46 bits per heavy atom. The Balaban J connectivity index is 1.76. The fraction of sp³-hybridized carbons (Fsp3) is 1.00. The third-order valence-corrected chi connectivity index (χ3v) is 3.95. The summed E-state index contributed by atoms with van der Waals surface area (Å²) in [5.74, 6) is 2.74. The number of nitrogens with two attached hydrogens (primary N) is 1. The second kappa shape index (κ2) is 3.25. The van der Waals surface area contributed by atoms with Crippen LogP contribution in [0.4, 0.5) is 0 Å². The molecule has 0 aromatic carbocycles. The van der Waals surface area contributed by atoms with Crippen molar-refractivity contribution in [3.63, 3.8) is 0 Å². The Morgan fingerprint density at radius 3 is 2.46 bits per heavy atom. The van der Waals surface area contributed by atoms with Gasteiger partial charge in [0.1, 0.15) is 0 Å². The minimum absolute atomic E-state index is 0.238. The van der Waals surface area contributed by atoms with E-state index in [1.165, 1.54) is 25.8 Å². The molecule has 2 heteroatoms. The van der Waals surface area contributed by atoms with Gasteiger partial charge in [-0.3, -0.25) is 0 Å². The third kappa shape index (κ3) is 2.05. The predicted octanol–water partition coefficient (Wildman–Crippen LogP) is 1.36. The zero-order valence-corrected chi connectivity index (χ0v) is 8.84. The number of nitrogens with one attached hydrogen (secondary N) is 1. The van der Waals surface area contributed by atoms with Crippen LogP contribution in [0.5, 0.6) is 0 Å². The molecule has 0 aliphatic heterocycles. The van der Waals surface area contributed by atoms with E-state index in [9.17, 15) is 0 Å². The van der Waals surface area contributed by atoms with Gasteiger partial charge in [-0.05, 0) is 50.5 Å².